The molecule has 1 aromatic carbocycles. The van der Waals surface area contributed by atoms with Crippen molar-refractivity contribution in [2.45, 2.75) is 39.2 Å². The van der Waals surface area contributed by atoms with Gasteiger partial charge in [0.2, 0.25) is 0 Å². The summed E-state index contributed by atoms with van der Waals surface area (Å²) in [6.07, 6.45) is 4.35. The van der Waals surface area contributed by atoms with Crippen LogP contribution in [0.15, 0.2) is 24.3 Å². The molecule has 0 saturated heterocycles. The zero-order valence-electron chi connectivity index (χ0n) is 11.1. The van der Waals surface area contributed by atoms with E-state index in [2.05, 4.69) is 26.0 Å². The van der Waals surface area contributed by atoms with Crippen LogP contribution in [-0.4, -0.2) is 18.3 Å². The molecule has 0 bridgehead atoms. The SMILES string of the molecule is COc1ccc(C(C)C)cc1/C=C/C[C@H](C)O. The van der Waals surface area contributed by atoms with E-state index in [4.69, 9.17) is 4.74 Å². The van der Waals surface area contributed by atoms with Crippen LogP contribution in [-0.2, 0) is 0 Å². The van der Waals surface area contributed by atoms with Gasteiger partial charge >= 0.3 is 0 Å². The molecule has 0 aliphatic carbocycles. The van der Waals surface area contributed by atoms with E-state index in [1.807, 2.05) is 18.2 Å². The number of aliphatic hydroxyl groups excluding tert-OH is 1. The zero-order valence-corrected chi connectivity index (χ0v) is 11.1. The summed E-state index contributed by atoms with van der Waals surface area (Å²) in [5.41, 5.74) is 2.36. The first-order chi connectivity index (χ1) is 8.04. The first-order valence-electron chi connectivity index (χ1n) is 6.07. The van der Waals surface area contributed by atoms with E-state index in [9.17, 15) is 5.11 Å². The molecule has 0 fully saturated rings. The van der Waals surface area contributed by atoms with Crippen molar-refractivity contribution in [2.75, 3.05) is 7.11 Å². The van der Waals surface area contributed by atoms with Gasteiger partial charge in [0.25, 0.3) is 0 Å². The van der Waals surface area contributed by atoms with Gasteiger partial charge in [-0.15, -0.1) is 0 Å². The topological polar surface area (TPSA) is 29.5 Å². The smallest absolute Gasteiger partial charge is 0.126 e. The molecule has 0 aliphatic rings. The highest BCUT2D eigenvalue weighted by atomic mass is 16.5. The number of benzene rings is 1. The van der Waals surface area contributed by atoms with Gasteiger partial charge in [-0.3, -0.25) is 0 Å². The number of hydrogen-bond donors (Lipinski definition) is 1. The second-order valence-corrected chi connectivity index (χ2v) is 4.64. The second-order valence-electron chi connectivity index (χ2n) is 4.64. The zero-order chi connectivity index (χ0) is 12.8. The maximum atomic E-state index is 9.22. The molecule has 0 amide bonds. The van der Waals surface area contributed by atoms with Crippen molar-refractivity contribution in [2.24, 2.45) is 0 Å². The average molecular weight is 234 g/mol. The molecule has 1 N–H and O–H groups in total. The molecule has 2 heteroatoms. The van der Waals surface area contributed by atoms with Gasteiger partial charge in [-0.1, -0.05) is 32.1 Å². The fourth-order valence-corrected chi connectivity index (χ4v) is 1.63. The maximum Gasteiger partial charge on any atom is 0.126 e. The summed E-state index contributed by atoms with van der Waals surface area (Å²) >= 11 is 0. The standard InChI is InChI=1S/C15H22O2/c1-11(2)13-8-9-15(17-4)14(10-13)7-5-6-12(3)16/h5,7-12,16H,6H2,1-4H3/b7-5+/t12-/m0/s1. The van der Waals surface area contributed by atoms with Gasteiger partial charge in [-0.25, -0.2) is 0 Å². The molecule has 1 aromatic rings. The Hall–Kier alpha value is -1.28. The molecule has 0 heterocycles. The van der Waals surface area contributed by atoms with Gasteiger partial charge in [0.05, 0.1) is 13.2 Å². The third-order valence-corrected chi connectivity index (χ3v) is 2.70. The van der Waals surface area contributed by atoms with E-state index < -0.39 is 0 Å². The number of rotatable bonds is 5. The molecule has 1 atom stereocenters. The van der Waals surface area contributed by atoms with Crippen molar-refractivity contribution in [1.82, 2.24) is 0 Å². The summed E-state index contributed by atoms with van der Waals surface area (Å²) in [4.78, 5) is 0. The number of methoxy groups -OCH3 is 1. The lowest BCUT2D eigenvalue weighted by molar-refractivity contribution is 0.199. The monoisotopic (exact) mass is 234 g/mol. The lowest BCUT2D eigenvalue weighted by atomic mass is 10.00. The molecule has 2 nitrogen and oxygen atoms in total. The highest BCUT2D eigenvalue weighted by Crippen LogP contribution is 2.25. The molecular weight excluding hydrogens is 212 g/mol. The normalized spacial score (nSPS) is 13.3. The van der Waals surface area contributed by atoms with E-state index in [1.165, 1.54) is 5.56 Å². The first kappa shape index (κ1) is 13.8. The fourth-order valence-electron chi connectivity index (χ4n) is 1.63. The summed E-state index contributed by atoms with van der Waals surface area (Å²) in [6.45, 7) is 6.13. The predicted octanol–water partition coefficient (Wildman–Crippen LogP) is 3.60. The lowest BCUT2D eigenvalue weighted by Gasteiger charge is -2.10. The number of hydrogen-bond acceptors (Lipinski definition) is 2. The number of ether oxygens (including phenoxy) is 1. The van der Waals surface area contributed by atoms with Crippen LogP contribution in [0.5, 0.6) is 5.75 Å². The Labute approximate surface area is 104 Å². The van der Waals surface area contributed by atoms with Crippen LogP contribution < -0.4 is 4.74 Å². The van der Waals surface area contributed by atoms with Crippen LogP contribution in [0.3, 0.4) is 0 Å². The van der Waals surface area contributed by atoms with Gasteiger partial charge < -0.3 is 9.84 Å². The summed E-state index contributed by atoms with van der Waals surface area (Å²) in [7, 11) is 1.68. The van der Waals surface area contributed by atoms with Crippen LogP contribution in [0.4, 0.5) is 0 Å². The largest absolute Gasteiger partial charge is 0.496 e. The van der Waals surface area contributed by atoms with Crippen LogP contribution >= 0.6 is 0 Å². The minimum Gasteiger partial charge on any atom is -0.496 e. The molecule has 0 unspecified atom stereocenters. The summed E-state index contributed by atoms with van der Waals surface area (Å²) in [5, 5.41) is 9.22. The minimum atomic E-state index is -0.300. The van der Waals surface area contributed by atoms with Crippen LogP contribution in [0, 0.1) is 0 Å². The molecule has 0 aromatic heterocycles. The van der Waals surface area contributed by atoms with Crippen molar-refractivity contribution in [1.29, 1.82) is 0 Å². The summed E-state index contributed by atoms with van der Waals surface area (Å²) in [5.74, 6) is 1.38. The first-order valence-corrected chi connectivity index (χ1v) is 6.07. The van der Waals surface area contributed by atoms with Crippen molar-refractivity contribution >= 4 is 6.08 Å². The Morgan fingerprint density at radius 3 is 2.53 bits per heavy atom. The molecular formula is C15H22O2. The van der Waals surface area contributed by atoms with Gasteiger partial charge in [-0.2, -0.15) is 0 Å². The fraction of sp³-hybridized carbons (Fsp3) is 0.467. The van der Waals surface area contributed by atoms with Gasteiger partial charge in [0.1, 0.15) is 5.75 Å². The quantitative estimate of drug-likeness (QED) is 0.843. The third-order valence-electron chi connectivity index (χ3n) is 2.70. The molecule has 94 valence electrons. The van der Waals surface area contributed by atoms with E-state index in [0.29, 0.717) is 12.3 Å². The van der Waals surface area contributed by atoms with E-state index in [0.717, 1.165) is 11.3 Å². The van der Waals surface area contributed by atoms with E-state index in [-0.39, 0.29) is 6.10 Å². The van der Waals surface area contributed by atoms with E-state index >= 15 is 0 Å². The Morgan fingerprint density at radius 1 is 1.29 bits per heavy atom. The van der Waals surface area contributed by atoms with Crippen molar-refractivity contribution in [3.8, 4) is 5.75 Å². The van der Waals surface area contributed by atoms with Crippen LogP contribution in [0.25, 0.3) is 6.08 Å². The molecule has 17 heavy (non-hydrogen) atoms. The Bertz CT molecular complexity index is 379. The van der Waals surface area contributed by atoms with Crippen molar-refractivity contribution in [3.63, 3.8) is 0 Å². The molecule has 0 saturated carbocycles. The van der Waals surface area contributed by atoms with E-state index in [1.54, 1.807) is 14.0 Å². The van der Waals surface area contributed by atoms with Crippen molar-refractivity contribution < 1.29 is 9.84 Å². The van der Waals surface area contributed by atoms with Gasteiger partial charge in [0.15, 0.2) is 0 Å². The van der Waals surface area contributed by atoms with Crippen LogP contribution in [0.1, 0.15) is 44.2 Å². The molecule has 0 aliphatic heterocycles. The summed E-state index contributed by atoms with van der Waals surface area (Å²) in [6, 6.07) is 6.23. The highest BCUT2D eigenvalue weighted by molar-refractivity contribution is 5.58. The average Bonchev–Trinajstić information content (AvgIpc) is 2.28. The minimum absolute atomic E-state index is 0.300. The van der Waals surface area contributed by atoms with Gasteiger partial charge in [-0.05, 0) is 37.0 Å². The maximum absolute atomic E-state index is 9.22. The Kier molecular flexibility index (Phi) is 5.23. The van der Waals surface area contributed by atoms with Gasteiger partial charge in [0, 0.05) is 5.56 Å². The second kappa shape index (κ2) is 6.45. The predicted molar refractivity (Wildman–Crippen MR) is 72.4 cm³/mol. The summed E-state index contributed by atoms with van der Waals surface area (Å²) < 4.78 is 5.32. The molecule has 0 radical (unpaired) electrons. The van der Waals surface area contributed by atoms with Crippen molar-refractivity contribution in [3.05, 3.63) is 35.4 Å². The molecule has 0 spiro atoms. The Balaban J connectivity index is 2.94. The third kappa shape index (κ3) is 4.23. The lowest BCUT2D eigenvalue weighted by Crippen LogP contribution is -1.96. The highest BCUT2D eigenvalue weighted by Gasteiger charge is 2.04. The van der Waals surface area contributed by atoms with Crippen LogP contribution in [0.2, 0.25) is 0 Å². The molecule has 1 rings (SSSR count). The number of aliphatic hydroxyl groups is 1. The Morgan fingerprint density at radius 2 is 2.00 bits per heavy atom.